The topological polar surface area (TPSA) is 68.1 Å². The predicted molar refractivity (Wildman–Crippen MR) is 131 cm³/mol. The lowest BCUT2D eigenvalue weighted by Gasteiger charge is -2.14. The summed E-state index contributed by atoms with van der Waals surface area (Å²) in [6.07, 6.45) is 4.42. The van der Waals surface area contributed by atoms with Crippen molar-refractivity contribution < 1.29 is 4.74 Å². The summed E-state index contributed by atoms with van der Waals surface area (Å²) in [5.74, 6) is 1.50. The van der Waals surface area contributed by atoms with E-state index >= 15 is 0 Å². The molecule has 0 atom stereocenters. The summed E-state index contributed by atoms with van der Waals surface area (Å²) in [7, 11) is 1.66. The molecule has 7 nitrogen and oxygen atoms in total. The van der Waals surface area contributed by atoms with Crippen molar-refractivity contribution in [3.63, 3.8) is 0 Å². The Bertz CT molecular complexity index is 1220. The molecule has 0 amide bonds. The number of fused-ring (bicyclic) bond motifs is 1. The number of nitrogens with one attached hydrogen (secondary N) is 1. The third-order valence-electron chi connectivity index (χ3n) is 6.05. The van der Waals surface area contributed by atoms with Gasteiger partial charge in [-0.3, -0.25) is 4.90 Å². The number of halogens is 1. The van der Waals surface area contributed by atoms with Crippen LogP contribution in [-0.4, -0.2) is 44.8 Å². The first-order valence-electron chi connectivity index (χ1n) is 11.2. The number of hydrogen-bond acceptors (Lipinski definition) is 6. The number of aromatic nitrogens is 4. The van der Waals surface area contributed by atoms with Gasteiger partial charge in [-0.2, -0.15) is 15.1 Å². The van der Waals surface area contributed by atoms with Gasteiger partial charge < -0.3 is 10.1 Å². The number of ether oxygens (including phenoxy) is 1. The van der Waals surface area contributed by atoms with Crippen molar-refractivity contribution in [2.45, 2.75) is 32.5 Å². The van der Waals surface area contributed by atoms with Gasteiger partial charge in [0.25, 0.3) is 0 Å². The fourth-order valence-corrected chi connectivity index (χ4v) is 4.39. The Balaban J connectivity index is 1.30. The van der Waals surface area contributed by atoms with E-state index < -0.39 is 0 Å². The quantitative estimate of drug-likeness (QED) is 0.381. The highest BCUT2D eigenvalue weighted by atomic mass is 35.5. The zero-order valence-corrected chi connectivity index (χ0v) is 19.4. The Labute approximate surface area is 198 Å². The van der Waals surface area contributed by atoms with Gasteiger partial charge in [0.15, 0.2) is 5.65 Å². The SMILES string of the molecule is COc1ccc(CNc2nc(Cl)nc3c2cnn3Cc2ccc(CN3CCCC3)cc2)cc1. The molecule has 0 spiro atoms. The van der Waals surface area contributed by atoms with Crippen molar-refractivity contribution in [1.82, 2.24) is 24.6 Å². The normalized spacial score (nSPS) is 14.1. The maximum atomic E-state index is 6.25. The molecule has 8 heteroatoms. The largest absolute Gasteiger partial charge is 0.497 e. The number of rotatable bonds is 8. The zero-order valence-electron chi connectivity index (χ0n) is 18.7. The average Bonchev–Trinajstić information content (AvgIpc) is 3.49. The number of nitrogens with zero attached hydrogens (tertiary/aromatic N) is 5. The Morgan fingerprint density at radius 2 is 1.58 bits per heavy atom. The lowest BCUT2D eigenvalue weighted by Crippen LogP contribution is -2.18. The molecule has 3 heterocycles. The van der Waals surface area contributed by atoms with Crippen LogP contribution in [0.15, 0.2) is 54.7 Å². The van der Waals surface area contributed by atoms with Crippen molar-refractivity contribution in [3.8, 4) is 5.75 Å². The summed E-state index contributed by atoms with van der Waals surface area (Å²) in [6, 6.07) is 16.7. The second kappa shape index (κ2) is 9.77. The van der Waals surface area contributed by atoms with Crippen LogP contribution in [0.5, 0.6) is 5.75 Å². The van der Waals surface area contributed by atoms with E-state index in [0.717, 1.165) is 23.2 Å². The minimum absolute atomic E-state index is 0.197. The molecule has 1 N–H and O–H groups in total. The highest BCUT2D eigenvalue weighted by Crippen LogP contribution is 2.24. The molecule has 2 aromatic heterocycles. The lowest BCUT2D eigenvalue weighted by atomic mass is 10.1. The summed E-state index contributed by atoms with van der Waals surface area (Å²) < 4.78 is 7.09. The maximum absolute atomic E-state index is 6.25. The highest BCUT2D eigenvalue weighted by Gasteiger charge is 2.14. The molecule has 0 bridgehead atoms. The van der Waals surface area contributed by atoms with Crippen LogP contribution >= 0.6 is 11.6 Å². The van der Waals surface area contributed by atoms with Crippen LogP contribution in [-0.2, 0) is 19.6 Å². The van der Waals surface area contributed by atoms with E-state index in [9.17, 15) is 0 Å². The second-order valence-corrected chi connectivity index (χ2v) is 8.72. The Morgan fingerprint density at radius 3 is 2.27 bits per heavy atom. The highest BCUT2D eigenvalue weighted by molar-refractivity contribution is 6.28. The van der Waals surface area contributed by atoms with E-state index in [1.54, 1.807) is 13.3 Å². The summed E-state index contributed by atoms with van der Waals surface area (Å²) in [5.41, 5.74) is 4.35. The molecule has 1 fully saturated rings. The fraction of sp³-hybridized carbons (Fsp3) is 0.320. The monoisotopic (exact) mass is 462 g/mol. The van der Waals surface area contributed by atoms with Gasteiger partial charge in [0.1, 0.15) is 11.6 Å². The molecule has 5 rings (SSSR count). The van der Waals surface area contributed by atoms with Crippen LogP contribution in [0.3, 0.4) is 0 Å². The third-order valence-corrected chi connectivity index (χ3v) is 6.22. The van der Waals surface area contributed by atoms with Gasteiger partial charge in [0.2, 0.25) is 5.28 Å². The van der Waals surface area contributed by atoms with Crippen molar-refractivity contribution in [1.29, 1.82) is 0 Å². The minimum atomic E-state index is 0.197. The Kier molecular flexibility index (Phi) is 6.41. The molecule has 0 unspecified atom stereocenters. The number of methoxy groups -OCH3 is 1. The molecule has 2 aromatic carbocycles. The van der Waals surface area contributed by atoms with Crippen molar-refractivity contribution >= 4 is 28.5 Å². The summed E-state index contributed by atoms with van der Waals surface area (Å²) in [5, 5.41) is 8.98. The number of anilines is 1. The van der Waals surface area contributed by atoms with Crippen LogP contribution in [0, 0.1) is 0 Å². The van der Waals surface area contributed by atoms with E-state index in [4.69, 9.17) is 16.3 Å². The molecule has 1 aliphatic heterocycles. The van der Waals surface area contributed by atoms with E-state index in [2.05, 4.69) is 49.5 Å². The van der Waals surface area contributed by atoms with Crippen LogP contribution in [0.2, 0.25) is 5.28 Å². The Morgan fingerprint density at radius 1 is 0.909 bits per heavy atom. The molecular weight excluding hydrogens is 436 g/mol. The number of benzene rings is 2. The Hall–Kier alpha value is -3.16. The standard InChI is InChI=1S/C25H27ClN6O/c1-33-21-10-8-18(9-11-21)14-27-23-22-15-28-32(24(22)30-25(26)29-23)17-20-6-4-19(5-7-20)16-31-12-2-3-13-31/h4-11,15H,2-3,12-14,16-17H2,1H3,(H,27,29,30). The van der Waals surface area contributed by atoms with Gasteiger partial charge in [0.05, 0.1) is 25.2 Å². The van der Waals surface area contributed by atoms with Crippen LogP contribution in [0.1, 0.15) is 29.5 Å². The fourth-order valence-electron chi connectivity index (χ4n) is 4.23. The maximum Gasteiger partial charge on any atom is 0.226 e. The molecular formula is C25H27ClN6O. The van der Waals surface area contributed by atoms with Crippen molar-refractivity contribution in [2.24, 2.45) is 0 Å². The number of likely N-dealkylation sites (tertiary alicyclic amines) is 1. The second-order valence-electron chi connectivity index (χ2n) is 8.38. The van der Waals surface area contributed by atoms with Crippen LogP contribution in [0.25, 0.3) is 11.0 Å². The van der Waals surface area contributed by atoms with Gasteiger partial charge >= 0.3 is 0 Å². The van der Waals surface area contributed by atoms with Gasteiger partial charge in [-0.15, -0.1) is 0 Å². The molecule has 0 aliphatic carbocycles. The molecule has 0 radical (unpaired) electrons. The van der Waals surface area contributed by atoms with Gasteiger partial charge in [-0.1, -0.05) is 36.4 Å². The summed E-state index contributed by atoms with van der Waals surface area (Å²) in [6.45, 7) is 4.67. The van der Waals surface area contributed by atoms with Crippen LogP contribution in [0.4, 0.5) is 5.82 Å². The van der Waals surface area contributed by atoms with E-state index in [1.807, 2.05) is 28.9 Å². The summed E-state index contributed by atoms with van der Waals surface area (Å²) in [4.78, 5) is 11.3. The third kappa shape index (κ3) is 5.10. The van der Waals surface area contributed by atoms with E-state index in [1.165, 1.54) is 37.1 Å². The summed E-state index contributed by atoms with van der Waals surface area (Å²) >= 11 is 6.25. The first-order valence-corrected chi connectivity index (χ1v) is 11.6. The average molecular weight is 463 g/mol. The molecule has 0 saturated carbocycles. The number of hydrogen-bond donors (Lipinski definition) is 1. The van der Waals surface area contributed by atoms with Gasteiger partial charge in [-0.25, -0.2) is 4.68 Å². The van der Waals surface area contributed by atoms with Crippen LogP contribution < -0.4 is 10.1 Å². The first kappa shape index (κ1) is 21.7. The minimum Gasteiger partial charge on any atom is -0.497 e. The van der Waals surface area contributed by atoms with E-state index in [0.29, 0.717) is 24.6 Å². The molecule has 4 aromatic rings. The van der Waals surface area contributed by atoms with Crippen molar-refractivity contribution in [2.75, 3.05) is 25.5 Å². The van der Waals surface area contributed by atoms with Gasteiger partial charge in [-0.05, 0) is 66.4 Å². The smallest absolute Gasteiger partial charge is 0.226 e. The lowest BCUT2D eigenvalue weighted by molar-refractivity contribution is 0.331. The molecule has 1 saturated heterocycles. The van der Waals surface area contributed by atoms with Gasteiger partial charge in [0, 0.05) is 13.1 Å². The zero-order chi connectivity index (χ0) is 22.6. The molecule has 1 aliphatic rings. The first-order chi connectivity index (χ1) is 16.2. The molecule has 33 heavy (non-hydrogen) atoms. The van der Waals surface area contributed by atoms with Crippen molar-refractivity contribution in [3.05, 3.63) is 76.7 Å². The molecule has 170 valence electrons. The predicted octanol–water partition coefficient (Wildman–Crippen LogP) is 4.74. The van der Waals surface area contributed by atoms with E-state index in [-0.39, 0.29) is 5.28 Å².